The van der Waals surface area contributed by atoms with E-state index in [1.54, 1.807) is 4.90 Å². The van der Waals surface area contributed by atoms with Crippen molar-refractivity contribution in [1.82, 2.24) is 30.5 Å². The fourth-order valence-electron chi connectivity index (χ4n) is 9.16. The lowest BCUT2D eigenvalue weighted by Gasteiger charge is -2.44. The van der Waals surface area contributed by atoms with E-state index in [0.717, 1.165) is 70.6 Å². The lowest BCUT2D eigenvalue weighted by atomic mass is 9.70. The number of amides is 5. The smallest absolute Gasteiger partial charge is 0.315 e. The van der Waals surface area contributed by atoms with Crippen molar-refractivity contribution in [3.05, 3.63) is 0 Å². The number of likely N-dealkylation sites (tertiary alicyclic amines) is 1. The van der Waals surface area contributed by atoms with Crippen LogP contribution in [0, 0.1) is 22.7 Å². The van der Waals surface area contributed by atoms with E-state index in [1.807, 2.05) is 13.8 Å². The Kier molecular flexibility index (Phi) is 11.9. The van der Waals surface area contributed by atoms with Gasteiger partial charge in [-0.3, -0.25) is 19.2 Å². The average molecular weight is 735 g/mol. The SMILES string of the molecule is CCCC[C@H](NC(=O)[C@@H]1[C@@H]2[C@H](CN1C(=O)[C@@H](NC(=O)NC1(CS(=O)(=O)N(C)C)CCCCC1)C1(C)CCCCC1)C2(C)C)C(=O)C(=O)NC1CC1. The van der Waals surface area contributed by atoms with E-state index in [0.29, 0.717) is 32.2 Å². The quantitative estimate of drug-likeness (QED) is 0.187. The molecule has 4 saturated carbocycles. The second kappa shape index (κ2) is 15.3. The van der Waals surface area contributed by atoms with Gasteiger partial charge in [0.2, 0.25) is 27.6 Å². The maximum atomic E-state index is 14.9. The summed E-state index contributed by atoms with van der Waals surface area (Å²) >= 11 is 0. The van der Waals surface area contributed by atoms with E-state index in [-0.39, 0.29) is 35.0 Å². The summed E-state index contributed by atoms with van der Waals surface area (Å²) in [7, 11) is -0.650. The molecule has 0 radical (unpaired) electrons. The first kappa shape index (κ1) is 39.5. The van der Waals surface area contributed by atoms with Crippen molar-refractivity contribution in [2.24, 2.45) is 22.7 Å². The highest BCUT2D eigenvalue weighted by atomic mass is 32.2. The number of hydrogen-bond acceptors (Lipinski definition) is 7. The van der Waals surface area contributed by atoms with Crippen LogP contribution in [0.4, 0.5) is 4.79 Å². The summed E-state index contributed by atoms with van der Waals surface area (Å²) in [4.78, 5) is 70.8. The highest BCUT2D eigenvalue weighted by Crippen LogP contribution is 2.65. The van der Waals surface area contributed by atoms with E-state index in [1.165, 1.54) is 18.4 Å². The van der Waals surface area contributed by atoms with Gasteiger partial charge in [0.05, 0.1) is 17.3 Å². The van der Waals surface area contributed by atoms with Crippen molar-refractivity contribution in [3.8, 4) is 0 Å². The van der Waals surface area contributed by atoms with E-state index in [9.17, 15) is 32.4 Å². The minimum atomic E-state index is -3.63. The molecule has 0 unspecified atom stereocenters. The third-order valence-electron chi connectivity index (χ3n) is 12.8. The number of ketones is 1. The maximum Gasteiger partial charge on any atom is 0.315 e. The molecule has 0 bridgehead atoms. The predicted octanol–water partition coefficient (Wildman–Crippen LogP) is 3.22. The van der Waals surface area contributed by atoms with Crippen molar-refractivity contribution < 1.29 is 32.4 Å². The summed E-state index contributed by atoms with van der Waals surface area (Å²) in [6, 6.07) is -3.35. The zero-order chi connectivity index (χ0) is 37.4. The number of sulfonamides is 1. The number of fused-ring (bicyclic) bond motifs is 1. The van der Waals surface area contributed by atoms with Crippen molar-refractivity contribution >= 4 is 39.6 Å². The highest BCUT2D eigenvalue weighted by molar-refractivity contribution is 7.89. The largest absolute Gasteiger partial charge is 0.347 e. The second-order valence-electron chi connectivity index (χ2n) is 17.3. The highest BCUT2D eigenvalue weighted by Gasteiger charge is 2.70. The van der Waals surface area contributed by atoms with Crippen LogP contribution in [0.15, 0.2) is 0 Å². The van der Waals surface area contributed by atoms with Crippen LogP contribution in [0.5, 0.6) is 0 Å². The molecule has 0 aromatic rings. The van der Waals surface area contributed by atoms with E-state index < -0.39 is 62.7 Å². The monoisotopic (exact) mass is 734 g/mol. The molecule has 5 aliphatic rings. The zero-order valence-corrected chi connectivity index (χ0v) is 32.5. The van der Waals surface area contributed by atoms with Gasteiger partial charge in [0, 0.05) is 26.7 Å². The van der Waals surface area contributed by atoms with Gasteiger partial charge in [0.25, 0.3) is 5.91 Å². The summed E-state index contributed by atoms with van der Waals surface area (Å²) in [6.07, 6.45) is 11.3. The van der Waals surface area contributed by atoms with Crippen LogP contribution >= 0.6 is 0 Å². The Morgan fingerprint density at radius 3 is 2.06 bits per heavy atom. The number of nitrogens with zero attached hydrogens (tertiary/aromatic N) is 2. The zero-order valence-electron chi connectivity index (χ0n) is 31.6. The summed E-state index contributed by atoms with van der Waals surface area (Å²) in [5, 5.41) is 11.7. The van der Waals surface area contributed by atoms with Crippen LogP contribution in [0.25, 0.3) is 0 Å². The molecular formula is C37H62N6O7S. The number of piperidine rings is 1. The molecule has 0 aromatic carbocycles. The van der Waals surface area contributed by atoms with Gasteiger partial charge < -0.3 is 26.2 Å². The number of Topliss-reactive ketones (excluding diaryl/α,β-unsaturated/α-hetero) is 1. The third-order valence-corrected chi connectivity index (χ3v) is 14.8. The molecule has 14 heteroatoms. The molecule has 1 heterocycles. The van der Waals surface area contributed by atoms with Crippen molar-refractivity contribution in [2.75, 3.05) is 26.4 Å². The molecule has 5 fully saturated rings. The lowest BCUT2D eigenvalue weighted by Crippen LogP contribution is -2.65. The summed E-state index contributed by atoms with van der Waals surface area (Å²) < 4.78 is 27.3. The van der Waals surface area contributed by atoms with Crippen LogP contribution in [0.2, 0.25) is 0 Å². The fraction of sp³-hybridized carbons (Fsp3) is 0.865. The van der Waals surface area contributed by atoms with Crippen molar-refractivity contribution in [1.29, 1.82) is 0 Å². The molecule has 1 aliphatic heterocycles. The van der Waals surface area contributed by atoms with Crippen LogP contribution in [0.1, 0.15) is 124 Å². The van der Waals surface area contributed by atoms with Crippen LogP contribution in [0.3, 0.4) is 0 Å². The predicted molar refractivity (Wildman–Crippen MR) is 194 cm³/mol. The van der Waals surface area contributed by atoms with Crippen LogP contribution < -0.4 is 21.3 Å². The molecule has 51 heavy (non-hydrogen) atoms. The summed E-state index contributed by atoms with van der Waals surface area (Å²) in [5.41, 5.74) is -1.72. The molecule has 5 rings (SSSR count). The van der Waals surface area contributed by atoms with E-state index in [2.05, 4.69) is 35.1 Å². The topological polar surface area (TPSA) is 174 Å². The number of hydrogen-bond donors (Lipinski definition) is 4. The number of unbranched alkanes of at least 4 members (excludes halogenated alkanes) is 1. The van der Waals surface area contributed by atoms with E-state index in [4.69, 9.17) is 0 Å². The van der Waals surface area contributed by atoms with E-state index >= 15 is 0 Å². The molecule has 5 amide bonds. The van der Waals surface area contributed by atoms with Crippen molar-refractivity contribution in [3.63, 3.8) is 0 Å². The first-order valence-corrected chi connectivity index (χ1v) is 21.0. The molecule has 4 aliphatic carbocycles. The minimum absolute atomic E-state index is 0.00751. The fourth-order valence-corrected chi connectivity index (χ4v) is 10.5. The average Bonchev–Trinajstić information content (AvgIpc) is 3.92. The number of carbonyl (C=O) groups excluding carboxylic acids is 5. The van der Waals surface area contributed by atoms with Gasteiger partial charge in [-0.25, -0.2) is 17.5 Å². The molecule has 13 nitrogen and oxygen atoms in total. The molecule has 5 atom stereocenters. The Hall–Kier alpha value is -2.74. The van der Waals surface area contributed by atoms with Crippen LogP contribution in [-0.2, 0) is 29.2 Å². The Bertz CT molecular complexity index is 1450. The molecule has 1 saturated heterocycles. The van der Waals surface area contributed by atoms with Gasteiger partial charge in [-0.05, 0) is 67.6 Å². The summed E-state index contributed by atoms with van der Waals surface area (Å²) in [6.45, 7) is 8.53. The second-order valence-corrected chi connectivity index (χ2v) is 19.5. The normalized spacial score (nSPS) is 27.4. The number of rotatable bonds is 15. The van der Waals surface area contributed by atoms with Gasteiger partial charge in [-0.2, -0.15) is 0 Å². The third kappa shape index (κ3) is 8.74. The Balaban J connectivity index is 1.39. The molecular weight excluding hydrogens is 673 g/mol. The standard InChI is InChI=1S/C37H62N6O7S/c1-7-8-15-26(29(44)32(46)38-24-16-17-24)39-31(45)28-27-25(35(27,2)3)22-43(28)33(47)30(36(4)18-11-9-12-19-36)40-34(48)41-37(20-13-10-14-21-37)23-51(49,50)42(5)6/h24-28,30H,7-23H2,1-6H3,(H,38,46)(H,39,45)(H2,40,41,48)/t25-,26-,27-,28-,30+/m0/s1. The molecule has 288 valence electrons. The maximum absolute atomic E-state index is 14.9. The van der Waals surface area contributed by atoms with Crippen molar-refractivity contribution in [2.45, 2.75) is 154 Å². The Labute approximate surface area is 304 Å². The summed E-state index contributed by atoms with van der Waals surface area (Å²) in [5.74, 6) is -2.39. The molecule has 4 N–H and O–H groups in total. The number of nitrogens with one attached hydrogen (secondary N) is 4. The van der Waals surface area contributed by atoms with Gasteiger partial charge in [-0.15, -0.1) is 0 Å². The first-order chi connectivity index (χ1) is 23.9. The lowest BCUT2D eigenvalue weighted by molar-refractivity contribution is -0.146. The minimum Gasteiger partial charge on any atom is -0.347 e. The van der Waals surface area contributed by atoms with Gasteiger partial charge in [0.1, 0.15) is 12.1 Å². The molecule has 0 aromatic heterocycles. The number of carbonyl (C=O) groups is 5. The van der Waals surface area contributed by atoms with Crippen LogP contribution in [-0.4, -0.2) is 103 Å². The first-order valence-electron chi connectivity index (χ1n) is 19.4. The Morgan fingerprint density at radius 1 is 0.882 bits per heavy atom. The number of urea groups is 1. The molecule has 0 spiro atoms. The van der Waals surface area contributed by atoms with Gasteiger partial charge in [0.15, 0.2) is 0 Å². The van der Waals surface area contributed by atoms with Gasteiger partial charge in [-0.1, -0.05) is 79.1 Å². The Morgan fingerprint density at radius 2 is 1.49 bits per heavy atom. The van der Waals surface area contributed by atoms with Gasteiger partial charge >= 0.3 is 6.03 Å².